The summed E-state index contributed by atoms with van der Waals surface area (Å²) in [6.07, 6.45) is 3.74. The number of carbonyl (C=O) groups is 1. The number of carbonyl (C=O) groups excluding carboxylic acids is 1. The van der Waals surface area contributed by atoms with Crippen LogP contribution in [0.3, 0.4) is 0 Å². The van der Waals surface area contributed by atoms with Gasteiger partial charge < -0.3 is 10.2 Å². The highest BCUT2D eigenvalue weighted by molar-refractivity contribution is 7.40. The topological polar surface area (TPSA) is 45.2 Å². The van der Waals surface area contributed by atoms with Gasteiger partial charge in [0.25, 0.3) is 5.91 Å². The van der Waals surface area contributed by atoms with Crippen molar-refractivity contribution in [3.63, 3.8) is 0 Å². The maximum absolute atomic E-state index is 13.2. The summed E-state index contributed by atoms with van der Waals surface area (Å²) in [5, 5.41) is 3.91. The number of aromatic nitrogens is 1. The van der Waals surface area contributed by atoms with Crippen LogP contribution in [-0.4, -0.2) is 24.0 Å². The van der Waals surface area contributed by atoms with Crippen LogP contribution >= 0.6 is 22.7 Å². The molecule has 0 unspecified atom stereocenters. The molecule has 25 heavy (non-hydrogen) atoms. The molecule has 2 aromatic heterocycles. The van der Waals surface area contributed by atoms with E-state index in [2.05, 4.69) is 10.2 Å². The SMILES string of the molecule is Cc1cc(F)ccc1NC(=O)c1cc2nc(N3CCCCC3)sc2s1. The van der Waals surface area contributed by atoms with Crippen molar-refractivity contribution in [2.24, 2.45) is 0 Å². The molecule has 1 aliphatic heterocycles. The summed E-state index contributed by atoms with van der Waals surface area (Å²) >= 11 is 3.12. The second kappa shape index (κ2) is 6.72. The van der Waals surface area contributed by atoms with Gasteiger partial charge in [-0.3, -0.25) is 4.79 Å². The molecule has 3 aromatic rings. The minimum atomic E-state index is -0.304. The molecule has 1 N–H and O–H groups in total. The van der Waals surface area contributed by atoms with Crippen molar-refractivity contribution < 1.29 is 9.18 Å². The van der Waals surface area contributed by atoms with Crippen LogP contribution in [0.4, 0.5) is 15.2 Å². The van der Waals surface area contributed by atoms with E-state index in [-0.39, 0.29) is 11.7 Å². The number of aryl methyl sites for hydroxylation is 1. The van der Waals surface area contributed by atoms with Gasteiger partial charge in [-0.05, 0) is 56.0 Å². The van der Waals surface area contributed by atoms with Crippen LogP contribution in [0.25, 0.3) is 9.53 Å². The molecule has 4 nitrogen and oxygen atoms in total. The van der Waals surface area contributed by atoms with Crippen molar-refractivity contribution in [2.45, 2.75) is 26.2 Å². The fourth-order valence-corrected chi connectivity index (χ4v) is 5.22. The van der Waals surface area contributed by atoms with E-state index in [1.807, 2.05) is 6.07 Å². The molecule has 0 saturated carbocycles. The number of halogens is 1. The Kier molecular flexibility index (Phi) is 4.43. The third-order valence-electron chi connectivity index (χ3n) is 4.37. The molecule has 1 aliphatic rings. The minimum absolute atomic E-state index is 0.176. The van der Waals surface area contributed by atoms with Gasteiger partial charge in [-0.15, -0.1) is 11.3 Å². The van der Waals surface area contributed by atoms with Gasteiger partial charge >= 0.3 is 0 Å². The van der Waals surface area contributed by atoms with E-state index >= 15 is 0 Å². The van der Waals surface area contributed by atoms with E-state index in [0.717, 1.165) is 27.8 Å². The van der Waals surface area contributed by atoms with Gasteiger partial charge in [0.05, 0.1) is 10.4 Å². The maximum atomic E-state index is 13.2. The van der Waals surface area contributed by atoms with Gasteiger partial charge in [-0.1, -0.05) is 11.3 Å². The van der Waals surface area contributed by atoms with Gasteiger partial charge in [0, 0.05) is 18.8 Å². The number of hydrogen-bond donors (Lipinski definition) is 1. The van der Waals surface area contributed by atoms with E-state index in [0.29, 0.717) is 16.1 Å². The lowest BCUT2D eigenvalue weighted by atomic mass is 10.1. The summed E-state index contributed by atoms with van der Waals surface area (Å²) < 4.78 is 14.2. The summed E-state index contributed by atoms with van der Waals surface area (Å²) in [6, 6.07) is 6.19. The molecule has 1 amide bonds. The van der Waals surface area contributed by atoms with Crippen LogP contribution in [0, 0.1) is 12.7 Å². The number of fused-ring (bicyclic) bond motifs is 1. The Morgan fingerprint density at radius 1 is 1.20 bits per heavy atom. The van der Waals surface area contributed by atoms with E-state index in [9.17, 15) is 9.18 Å². The van der Waals surface area contributed by atoms with Gasteiger partial charge in [0.2, 0.25) is 0 Å². The highest BCUT2D eigenvalue weighted by Gasteiger charge is 2.19. The van der Waals surface area contributed by atoms with Crippen LogP contribution in [0.2, 0.25) is 0 Å². The largest absolute Gasteiger partial charge is 0.348 e. The van der Waals surface area contributed by atoms with E-state index in [1.165, 1.54) is 42.7 Å². The lowest BCUT2D eigenvalue weighted by molar-refractivity contribution is 0.103. The van der Waals surface area contributed by atoms with Crippen LogP contribution in [0.1, 0.15) is 34.5 Å². The number of hydrogen-bond acceptors (Lipinski definition) is 5. The fraction of sp³-hybridized carbons (Fsp3) is 0.333. The molecule has 0 atom stereocenters. The number of thiophene rings is 1. The number of benzene rings is 1. The minimum Gasteiger partial charge on any atom is -0.348 e. The van der Waals surface area contributed by atoms with Gasteiger partial charge in [0.15, 0.2) is 5.13 Å². The summed E-state index contributed by atoms with van der Waals surface area (Å²) in [5.74, 6) is -0.481. The zero-order valence-corrected chi connectivity index (χ0v) is 15.5. The molecule has 0 spiro atoms. The van der Waals surface area contributed by atoms with Gasteiger partial charge in [0.1, 0.15) is 9.83 Å². The zero-order chi connectivity index (χ0) is 17.4. The predicted molar refractivity (Wildman–Crippen MR) is 103 cm³/mol. The Labute approximate surface area is 153 Å². The van der Waals surface area contributed by atoms with Crippen molar-refractivity contribution >= 4 is 48.9 Å². The number of nitrogens with one attached hydrogen (secondary N) is 1. The highest BCUT2D eigenvalue weighted by atomic mass is 32.2. The van der Waals surface area contributed by atoms with Crippen molar-refractivity contribution in [1.82, 2.24) is 4.98 Å². The Morgan fingerprint density at radius 2 is 2.00 bits per heavy atom. The Bertz CT molecular complexity index is 896. The van der Waals surface area contributed by atoms with Crippen LogP contribution < -0.4 is 10.2 Å². The van der Waals surface area contributed by atoms with Crippen molar-refractivity contribution in [2.75, 3.05) is 23.3 Å². The summed E-state index contributed by atoms with van der Waals surface area (Å²) in [7, 11) is 0. The van der Waals surface area contributed by atoms with Crippen LogP contribution in [0.15, 0.2) is 24.3 Å². The molecule has 1 aromatic carbocycles. The normalized spacial score (nSPS) is 14.9. The second-order valence-corrected chi connectivity index (χ2v) is 8.53. The quantitative estimate of drug-likeness (QED) is 0.697. The average molecular weight is 375 g/mol. The molecule has 0 aliphatic carbocycles. The highest BCUT2D eigenvalue weighted by Crippen LogP contribution is 2.36. The third kappa shape index (κ3) is 3.39. The third-order valence-corrected chi connectivity index (χ3v) is 6.71. The molecule has 1 saturated heterocycles. The molecule has 3 heterocycles. The van der Waals surface area contributed by atoms with E-state index in [4.69, 9.17) is 4.98 Å². The summed E-state index contributed by atoms with van der Waals surface area (Å²) in [6.45, 7) is 3.91. The Morgan fingerprint density at radius 3 is 2.72 bits per heavy atom. The first-order chi connectivity index (χ1) is 12.1. The van der Waals surface area contributed by atoms with Crippen LogP contribution in [0.5, 0.6) is 0 Å². The number of rotatable bonds is 3. The monoisotopic (exact) mass is 375 g/mol. The molecule has 0 radical (unpaired) electrons. The second-order valence-electron chi connectivity index (χ2n) is 6.24. The Balaban J connectivity index is 1.53. The molecule has 0 bridgehead atoms. The predicted octanol–water partition coefficient (Wildman–Crippen LogP) is 5.05. The lowest BCUT2D eigenvalue weighted by Gasteiger charge is -2.25. The molecule has 4 rings (SSSR count). The molecular weight excluding hydrogens is 357 g/mol. The van der Waals surface area contributed by atoms with Crippen molar-refractivity contribution in [3.8, 4) is 0 Å². The number of nitrogens with zero attached hydrogens (tertiary/aromatic N) is 2. The first-order valence-corrected chi connectivity index (χ1v) is 9.96. The standard InChI is InChI=1S/C18H18FN3OS2/c1-11-9-12(19)5-6-13(11)20-16(23)15-10-14-17(24-15)25-18(21-14)22-7-3-2-4-8-22/h5-6,9-10H,2-4,7-8H2,1H3,(H,20,23). The Hall–Kier alpha value is -1.99. The van der Waals surface area contributed by atoms with Gasteiger partial charge in [-0.2, -0.15) is 0 Å². The number of piperidine rings is 1. The van der Waals surface area contributed by atoms with E-state index < -0.39 is 0 Å². The number of anilines is 2. The van der Waals surface area contributed by atoms with Crippen molar-refractivity contribution in [3.05, 3.63) is 40.5 Å². The molecule has 7 heteroatoms. The lowest BCUT2D eigenvalue weighted by Crippen LogP contribution is -2.29. The van der Waals surface area contributed by atoms with E-state index in [1.54, 1.807) is 24.3 Å². The summed E-state index contributed by atoms with van der Waals surface area (Å²) in [4.78, 5) is 20.1. The first-order valence-electron chi connectivity index (χ1n) is 8.33. The molecule has 1 fully saturated rings. The zero-order valence-electron chi connectivity index (χ0n) is 13.8. The number of amides is 1. The average Bonchev–Trinajstić information content (AvgIpc) is 3.17. The summed E-state index contributed by atoms with van der Waals surface area (Å²) in [5.41, 5.74) is 2.22. The maximum Gasteiger partial charge on any atom is 0.265 e. The number of thiazole rings is 1. The molecular formula is C18H18FN3OS2. The van der Waals surface area contributed by atoms with Gasteiger partial charge in [-0.25, -0.2) is 9.37 Å². The fourth-order valence-electron chi connectivity index (χ4n) is 3.01. The van der Waals surface area contributed by atoms with Crippen molar-refractivity contribution in [1.29, 1.82) is 0 Å². The smallest absolute Gasteiger partial charge is 0.265 e. The first kappa shape index (κ1) is 16.5. The molecule has 130 valence electrons. The van der Waals surface area contributed by atoms with Crippen LogP contribution in [-0.2, 0) is 0 Å².